The zero-order chi connectivity index (χ0) is 19.6. The van der Waals surface area contributed by atoms with Crippen LogP contribution in [0.2, 0.25) is 0 Å². The summed E-state index contributed by atoms with van der Waals surface area (Å²) in [5.74, 6) is 0.797. The van der Waals surface area contributed by atoms with Crippen LogP contribution in [-0.4, -0.2) is 30.3 Å². The highest BCUT2D eigenvalue weighted by atomic mass is 79.9. The first-order valence-corrected chi connectivity index (χ1v) is 10.2. The van der Waals surface area contributed by atoms with Gasteiger partial charge in [-0.25, -0.2) is 0 Å². The fourth-order valence-electron chi connectivity index (χ4n) is 2.56. The summed E-state index contributed by atoms with van der Waals surface area (Å²) in [7, 11) is 3.10. The number of hydrogen-bond acceptors (Lipinski definition) is 5. The lowest BCUT2D eigenvalue weighted by molar-refractivity contribution is -0.123. The van der Waals surface area contributed by atoms with Gasteiger partial charge in [-0.05, 0) is 47.2 Å². The zero-order valence-corrected chi connectivity index (χ0v) is 18.5. The summed E-state index contributed by atoms with van der Waals surface area (Å²) in [4.78, 5) is 26.7. The van der Waals surface area contributed by atoms with Gasteiger partial charge in [0.1, 0.15) is 0 Å². The second-order valence-corrected chi connectivity index (χ2v) is 8.29. The van der Waals surface area contributed by atoms with Crippen LogP contribution in [0, 0.1) is 0 Å². The molecule has 0 aromatic heterocycles. The number of halogens is 2. The lowest BCUT2D eigenvalue weighted by Crippen LogP contribution is -2.27. The first kappa shape index (κ1) is 20.0. The van der Waals surface area contributed by atoms with Gasteiger partial charge < -0.3 is 9.47 Å². The Hall–Kier alpha value is -1.77. The number of imide groups is 1. The average Bonchev–Trinajstić information content (AvgIpc) is 2.92. The van der Waals surface area contributed by atoms with Crippen LogP contribution < -0.4 is 9.47 Å². The molecule has 1 fully saturated rings. The van der Waals surface area contributed by atoms with E-state index >= 15 is 0 Å². The minimum Gasteiger partial charge on any atom is -0.493 e. The SMILES string of the molecule is COc1cc(Br)c(/C=C2\SC(=O)N(Cc3ccccc3Br)C2=O)cc1OC. The molecule has 0 bridgehead atoms. The van der Waals surface area contributed by atoms with Crippen molar-refractivity contribution in [1.82, 2.24) is 4.90 Å². The van der Waals surface area contributed by atoms with E-state index in [4.69, 9.17) is 9.47 Å². The monoisotopic (exact) mass is 511 g/mol. The van der Waals surface area contributed by atoms with Crippen molar-refractivity contribution in [3.8, 4) is 11.5 Å². The lowest BCUT2D eigenvalue weighted by atomic mass is 10.1. The summed E-state index contributed by atoms with van der Waals surface area (Å²) in [6.45, 7) is 0.219. The number of ether oxygens (including phenoxy) is 2. The van der Waals surface area contributed by atoms with Gasteiger partial charge in [0.15, 0.2) is 11.5 Å². The molecule has 0 radical (unpaired) electrons. The van der Waals surface area contributed by atoms with Crippen molar-refractivity contribution in [2.75, 3.05) is 14.2 Å². The highest BCUT2D eigenvalue weighted by Crippen LogP contribution is 2.38. The molecule has 0 N–H and O–H groups in total. The van der Waals surface area contributed by atoms with Crippen LogP contribution in [0.1, 0.15) is 11.1 Å². The maximum absolute atomic E-state index is 12.8. The van der Waals surface area contributed by atoms with Crippen molar-refractivity contribution in [3.63, 3.8) is 0 Å². The molecule has 1 saturated heterocycles. The average molecular weight is 513 g/mol. The standard InChI is InChI=1S/C19H15Br2NO4S/c1-25-15-7-12(14(21)9-16(15)26-2)8-17-18(23)22(19(24)27-17)10-11-5-3-4-6-13(11)20/h3-9H,10H2,1-2H3/b17-8-. The number of carbonyl (C=O) groups is 2. The van der Waals surface area contributed by atoms with Crippen LogP contribution in [0.25, 0.3) is 6.08 Å². The van der Waals surface area contributed by atoms with E-state index in [9.17, 15) is 9.59 Å². The Morgan fingerprint density at radius 3 is 2.37 bits per heavy atom. The quantitative estimate of drug-likeness (QED) is 0.497. The fraction of sp³-hybridized carbons (Fsp3) is 0.158. The van der Waals surface area contributed by atoms with E-state index in [0.29, 0.717) is 16.4 Å². The number of rotatable bonds is 5. The molecule has 0 spiro atoms. The van der Waals surface area contributed by atoms with E-state index in [1.165, 1.54) is 4.90 Å². The first-order valence-electron chi connectivity index (χ1n) is 7.85. The van der Waals surface area contributed by atoms with E-state index in [0.717, 1.165) is 31.8 Å². The largest absolute Gasteiger partial charge is 0.493 e. The highest BCUT2D eigenvalue weighted by Gasteiger charge is 2.35. The van der Waals surface area contributed by atoms with Gasteiger partial charge in [-0.15, -0.1) is 0 Å². The van der Waals surface area contributed by atoms with Gasteiger partial charge >= 0.3 is 0 Å². The third kappa shape index (κ3) is 4.23. The molecule has 3 rings (SSSR count). The molecule has 140 valence electrons. The number of carbonyl (C=O) groups excluding carboxylic acids is 2. The van der Waals surface area contributed by atoms with Crippen LogP contribution in [0.3, 0.4) is 0 Å². The number of methoxy groups -OCH3 is 2. The summed E-state index contributed by atoms with van der Waals surface area (Å²) < 4.78 is 12.2. The molecule has 0 unspecified atom stereocenters. The smallest absolute Gasteiger partial charge is 0.293 e. The second kappa shape index (κ2) is 8.50. The molecule has 2 aromatic carbocycles. The van der Waals surface area contributed by atoms with Gasteiger partial charge in [-0.3, -0.25) is 14.5 Å². The van der Waals surface area contributed by atoms with Crippen LogP contribution in [0.15, 0.2) is 50.2 Å². The van der Waals surface area contributed by atoms with Crippen molar-refractivity contribution >= 4 is 60.8 Å². The molecular weight excluding hydrogens is 498 g/mol. The normalized spacial score (nSPS) is 15.6. The van der Waals surface area contributed by atoms with Crippen molar-refractivity contribution in [1.29, 1.82) is 0 Å². The molecule has 2 aromatic rings. The zero-order valence-electron chi connectivity index (χ0n) is 14.5. The predicted molar refractivity (Wildman–Crippen MR) is 113 cm³/mol. The molecule has 27 heavy (non-hydrogen) atoms. The van der Waals surface area contributed by atoms with Crippen molar-refractivity contribution in [2.45, 2.75) is 6.54 Å². The van der Waals surface area contributed by atoms with Crippen LogP contribution in [-0.2, 0) is 11.3 Å². The van der Waals surface area contributed by atoms with Gasteiger partial charge in [-0.2, -0.15) is 0 Å². The van der Waals surface area contributed by atoms with Crippen LogP contribution >= 0.6 is 43.6 Å². The van der Waals surface area contributed by atoms with E-state index in [1.54, 1.807) is 32.4 Å². The summed E-state index contributed by atoms with van der Waals surface area (Å²) in [5.41, 5.74) is 1.59. The Bertz CT molecular complexity index is 945. The number of benzene rings is 2. The molecule has 0 aliphatic carbocycles. The minimum absolute atomic E-state index is 0.219. The molecule has 0 saturated carbocycles. The molecule has 1 aliphatic heterocycles. The Morgan fingerprint density at radius 1 is 1.04 bits per heavy atom. The van der Waals surface area contributed by atoms with E-state index < -0.39 is 0 Å². The van der Waals surface area contributed by atoms with E-state index in [2.05, 4.69) is 31.9 Å². The Balaban J connectivity index is 1.90. The summed E-state index contributed by atoms with van der Waals surface area (Å²) >= 11 is 7.84. The Kier molecular flexibility index (Phi) is 6.29. The number of hydrogen-bond donors (Lipinski definition) is 0. The second-order valence-electron chi connectivity index (χ2n) is 5.59. The molecule has 8 heteroatoms. The maximum atomic E-state index is 12.8. The third-order valence-corrected chi connectivity index (χ3v) is 6.32. The number of amides is 2. The third-order valence-electron chi connectivity index (χ3n) is 3.95. The summed E-state index contributed by atoms with van der Waals surface area (Å²) in [6.07, 6.45) is 1.68. The number of thioether (sulfide) groups is 1. The van der Waals surface area contributed by atoms with Crippen molar-refractivity contribution in [3.05, 3.63) is 61.4 Å². The van der Waals surface area contributed by atoms with E-state index in [1.807, 2.05) is 24.3 Å². The number of nitrogens with zero attached hydrogens (tertiary/aromatic N) is 1. The Morgan fingerprint density at radius 2 is 1.70 bits per heavy atom. The van der Waals surface area contributed by atoms with Gasteiger partial charge in [0.05, 0.1) is 25.7 Å². The van der Waals surface area contributed by atoms with Crippen LogP contribution in [0.4, 0.5) is 4.79 Å². The minimum atomic E-state index is -0.317. The predicted octanol–water partition coefficient (Wildman–Crippen LogP) is 5.47. The van der Waals surface area contributed by atoms with Gasteiger partial charge in [0.25, 0.3) is 11.1 Å². The molecule has 1 aliphatic rings. The van der Waals surface area contributed by atoms with Gasteiger partial charge in [0, 0.05) is 8.95 Å². The van der Waals surface area contributed by atoms with Crippen LogP contribution in [0.5, 0.6) is 11.5 Å². The Labute approximate surface area is 178 Å². The maximum Gasteiger partial charge on any atom is 0.293 e. The molecular formula is C19H15Br2NO4S. The van der Waals surface area contributed by atoms with Gasteiger partial charge in [0.2, 0.25) is 0 Å². The first-order chi connectivity index (χ1) is 12.9. The molecule has 0 atom stereocenters. The highest BCUT2D eigenvalue weighted by molar-refractivity contribution is 9.10. The fourth-order valence-corrected chi connectivity index (χ4v) is 4.23. The molecule has 1 heterocycles. The van der Waals surface area contributed by atoms with Gasteiger partial charge in [-0.1, -0.05) is 50.1 Å². The van der Waals surface area contributed by atoms with E-state index in [-0.39, 0.29) is 17.7 Å². The topological polar surface area (TPSA) is 55.8 Å². The van der Waals surface area contributed by atoms with Crippen molar-refractivity contribution in [2.24, 2.45) is 0 Å². The summed E-state index contributed by atoms with van der Waals surface area (Å²) in [6, 6.07) is 11.0. The summed E-state index contributed by atoms with van der Waals surface area (Å²) in [5, 5.41) is -0.293. The van der Waals surface area contributed by atoms with Crippen molar-refractivity contribution < 1.29 is 19.1 Å². The molecule has 5 nitrogen and oxygen atoms in total. The molecule has 2 amide bonds. The lowest BCUT2D eigenvalue weighted by Gasteiger charge is -2.13.